The fourth-order valence-corrected chi connectivity index (χ4v) is 0.330. The maximum absolute atomic E-state index is 10.7. The molecule has 0 heterocycles. The molecule has 0 aromatic carbocycles. The lowest BCUT2D eigenvalue weighted by atomic mass is 10.4. The highest BCUT2D eigenvalue weighted by molar-refractivity contribution is 5.94. The van der Waals surface area contributed by atoms with Crippen molar-refractivity contribution in [3.05, 3.63) is 12.3 Å². The Morgan fingerprint density at radius 3 is 2.45 bits per heavy atom. The zero-order chi connectivity index (χ0) is 8.85. The molecule has 0 saturated heterocycles. The minimum atomic E-state index is -1.12. The number of rotatable bonds is 4. The van der Waals surface area contributed by atoms with E-state index in [1.165, 1.54) is 0 Å². The van der Waals surface area contributed by atoms with E-state index < -0.39 is 18.4 Å². The summed E-state index contributed by atoms with van der Waals surface area (Å²) in [6.45, 7) is 5.83. The van der Waals surface area contributed by atoms with Crippen molar-refractivity contribution >= 4 is 18.6 Å². The molecule has 0 bridgehead atoms. The van der Waals surface area contributed by atoms with Crippen LogP contribution in [0.15, 0.2) is 17.3 Å². The number of amides is 1. The van der Waals surface area contributed by atoms with E-state index in [0.29, 0.717) is 0 Å². The second-order valence-electron chi connectivity index (χ2n) is 1.68. The Balaban J connectivity index is 3.79. The van der Waals surface area contributed by atoms with E-state index in [9.17, 15) is 9.59 Å². The third-order valence-corrected chi connectivity index (χ3v) is 0.853. The Morgan fingerprint density at radius 1 is 1.55 bits per heavy atom. The number of carboxylic acid groups (broad SMARTS) is 1. The van der Waals surface area contributed by atoms with Crippen LogP contribution in [0.2, 0.25) is 0 Å². The number of carbonyl (C=O) groups is 2. The van der Waals surface area contributed by atoms with E-state index in [-0.39, 0.29) is 5.70 Å². The molecule has 0 unspecified atom stereocenters. The normalized spacial score (nSPS) is 8.36. The first kappa shape index (κ1) is 9.35. The summed E-state index contributed by atoms with van der Waals surface area (Å²) in [6, 6.07) is 0. The molecule has 0 aromatic heterocycles. The van der Waals surface area contributed by atoms with Crippen LogP contribution in [-0.2, 0) is 9.59 Å². The van der Waals surface area contributed by atoms with Gasteiger partial charge in [-0.1, -0.05) is 6.58 Å². The molecule has 0 rings (SSSR count). The topological polar surface area (TPSA) is 78.8 Å². The Morgan fingerprint density at radius 2 is 2.09 bits per heavy atom. The third kappa shape index (κ3) is 3.85. The zero-order valence-corrected chi connectivity index (χ0v) is 5.83. The third-order valence-electron chi connectivity index (χ3n) is 0.853. The summed E-state index contributed by atoms with van der Waals surface area (Å²) in [4.78, 5) is 23.8. The average Bonchev–Trinajstić information content (AvgIpc) is 1.98. The molecule has 0 saturated carbocycles. The maximum Gasteiger partial charge on any atom is 0.322 e. The number of hydrogen-bond acceptors (Lipinski definition) is 3. The summed E-state index contributed by atoms with van der Waals surface area (Å²) < 4.78 is 0. The molecule has 2 N–H and O–H groups in total. The Bertz CT molecular complexity index is 210. The van der Waals surface area contributed by atoms with Gasteiger partial charge >= 0.3 is 5.97 Å². The number of aliphatic carboxylic acids is 1. The van der Waals surface area contributed by atoms with Gasteiger partial charge in [-0.3, -0.25) is 14.6 Å². The van der Waals surface area contributed by atoms with Gasteiger partial charge in [0.25, 0.3) is 5.91 Å². The summed E-state index contributed by atoms with van der Waals surface area (Å²) in [6.07, 6.45) is 0. The van der Waals surface area contributed by atoms with E-state index in [1.807, 2.05) is 0 Å². The summed E-state index contributed by atoms with van der Waals surface area (Å²) in [5, 5.41) is 10.2. The molecular formula is C6H8N2O3. The first-order valence-corrected chi connectivity index (χ1v) is 2.73. The number of carboxylic acids is 1. The van der Waals surface area contributed by atoms with Crippen molar-refractivity contribution in [2.75, 3.05) is 6.54 Å². The molecule has 0 aliphatic carbocycles. The monoisotopic (exact) mass is 156 g/mol. The highest BCUT2D eigenvalue weighted by atomic mass is 16.4. The van der Waals surface area contributed by atoms with Crippen LogP contribution in [0.25, 0.3) is 0 Å². The van der Waals surface area contributed by atoms with E-state index in [2.05, 4.69) is 23.6 Å². The van der Waals surface area contributed by atoms with Crippen LogP contribution in [0.4, 0.5) is 0 Å². The van der Waals surface area contributed by atoms with E-state index in [1.54, 1.807) is 0 Å². The molecule has 11 heavy (non-hydrogen) atoms. The number of nitrogens with one attached hydrogen (secondary N) is 1. The van der Waals surface area contributed by atoms with Crippen molar-refractivity contribution in [3.8, 4) is 0 Å². The summed E-state index contributed by atoms with van der Waals surface area (Å²) in [7, 11) is 0. The lowest BCUT2D eigenvalue weighted by Crippen LogP contribution is -2.29. The van der Waals surface area contributed by atoms with Crippen LogP contribution in [0.3, 0.4) is 0 Å². The smallest absolute Gasteiger partial charge is 0.322 e. The molecule has 0 radical (unpaired) electrons. The molecule has 60 valence electrons. The van der Waals surface area contributed by atoms with Gasteiger partial charge in [0.15, 0.2) is 0 Å². The minimum absolute atomic E-state index is 0.0914. The molecule has 0 aliphatic rings. The van der Waals surface area contributed by atoms with Crippen molar-refractivity contribution in [1.82, 2.24) is 5.32 Å². The number of carbonyl (C=O) groups excluding carboxylic acids is 1. The minimum Gasteiger partial charge on any atom is -0.480 e. The summed E-state index contributed by atoms with van der Waals surface area (Å²) in [5.41, 5.74) is -0.0914. The Labute approximate surface area is 63.4 Å². The largest absolute Gasteiger partial charge is 0.480 e. The quantitative estimate of drug-likeness (QED) is 0.421. The lowest BCUT2D eigenvalue weighted by molar-refractivity contribution is -0.137. The van der Waals surface area contributed by atoms with Crippen LogP contribution in [-0.4, -0.2) is 30.2 Å². The second kappa shape index (κ2) is 4.21. The van der Waals surface area contributed by atoms with Crippen LogP contribution in [0.5, 0.6) is 0 Å². The van der Waals surface area contributed by atoms with E-state index in [4.69, 9.17) is 5.11 Å². The van der Waals surface area contributed by atoms with Gasteiger partial charge in [-0.25, -0.2) is 0 Å². The first-order chi connectivity index (χ1) is 5.07. The van der Waals surface area contributed by atoms with Gasteiger partial charge in [-0.15, -0.1) is 0 Å². The zero-order valence-electron chi connectivity index (χ0n) is 5.83. The average molecular weight is 156 g/mol. The van der Waals surface area contributed by atoms with Crippen LogP contribution in [0, 0.1) is 0 Å². The van der Waals surface area contributed by atoms with Crippen LogP contribution in [0.1, 0.15) is 0 Å². The van der Waals surface area contributed by atoms with E-state index in [0.717, 1.165) is 0 Å². The molecule has 0 aromatic rings. The fraction of sp³-hybridized carbons (Fsp3) is 0.167. The second-order valence-corrected chi connectivity index (χ2v) is 1.68. The highest BCUT2D eigenvalue weighted by Gasteiger charge is 2.04. The summed E-state index contributed by atoms with van der Waals surface area (Å²) >= 11 is 0. The molecule has 0 fully saturated rings. The predicted octanol–water partition coefficient (Wildman–Crippen LogP) is -0.599. The summed E-state index contributed by atoms with van der Waals surface area (Å²) in [5.74, 6) is -1.74. The van der Waals surface area contributed by atoms with Gasteiger partial charge in [0, 0.05) is 0 Å². The van der Waals surface area contributed by atoms with Crippen molar-refractivity contribution in [1.29, 1.82) is 0 Å². The molecule has 0 aliphatic heterocycles. The molecule has 0 atom stereocenters. The van der Waals surface area contributed by atoms with Crippen molar-refractivity contribution in [2.45, 2.75) is 0 Å². The Kier molecular flexibility index (Phi) is 3.58. The standard InChI is InChI=1S/C6H8N2O3/c1-4(7-2)6(11)8-3-5(9)10/h1-3H2,(H,8,11)(H,9,10). The van der Waals surface area contributed by atoms with Gasteiger partial charge in [0.2, 0.25) is 0 Å². The molecule has 0 spiro atoms. The van der Waals surface area contributed by atoms with Crippen molar-refractivity contribution in [3.63, 3.8) is 0 Å². The fourth-order valence-electron chi connectivity index (χ4n) is 0.330. The SMILES string of the molecule is C=NC(=C)C(=O)NCC(=O)O. The number of nitrogens with zero attached hydrogens (tertiary/aromatic N) is 1. The van der Waals surface area contributed by atoms with E-state index >= 15 is 0 Å². The first-order valence-electron chi connectivity index (χ1n) is 2.73. The molecule has 5 heteroatoms. The van der Waals surface area contributed by atoms with Gasteiger partial charge < -0.3 is 10.4 Å². The highest BCUT2D eigenvalue weighted by Crippen LogP contribution is 1.87. The lowest BCUT2D eigenvalue weighted by Gasteiger charge is -1.98. The van der Waals surface area contributed by atoms with Gasteiger partial charge in [0.1, 0.15) is 12.2 Å². The molecular weight excluding hydrogens is 148 g/mol. The number of aliphatic imine (C=N–C) groups is 1. The van der Waals surface area contributed by atoms with Gasteiger partial charge in [-0.05, 0) is 6.72 Å². The van der Waals surface area contributed by atoms with Crippen molar-refractivity contribution < 1.29 is 14.7 Å². The molecule has 5 nitrogen and oxygen atoms in total. The van der Waals surface area contributed by atoms with Crippen LogP contribution >= 0.6 is 0 Å². The Hall–Kier alpha value is -1.65. The molecule has 1 amide bonds. The van der Waals surface area contributed by atoms with Gasteiger partial charge in [0.05, 0.1) is 0 Å². The number of hydrogen-bond donors (Lipinski definition) is 2. The maximum atomic E-state index is 10.7. The van der Waals surface area contributed by atoms with Gasteiger partial charge in [-0.2, -0.15) is 0 Å². The van der Waals surface area contributed by atoms with Crippen LogP contribution < -0.4 is 5.32 Å². The predicted molar refractivity (Wildman–Crippen MR) is 39.3 cm³/mol. The van der Waals surface area contributed by atoms with Crippen molar-refractivity contribution in [2.24, 2.45) is 4.99 Å².